The quantitative estimate of drug-likeness (QED) is 0.270. The van der Waals surface area contributed by atoms with Crippen LogP contribution in [0.1, 0.15) is 51.5 Å². The molecule has 2 nitrogen and oxygen atoms in total. The second-order valence-corrected chi connectivity index (χ2v) is 9.24. The standard InChI is InChI=1S/C26H30F4O2/c1-3-4-16-13-31-26(32-14-16)18-7-5-17(6-8-18)20-12-22(27)21(9-15(20)2)19-10-23(28)25(30)24(29)11-19/h5,9-12,15-16,18,20,26H,3-4,6-8,13-14H2,1-2H3. The van der Waals surface area contributed by atoms with Gasteiger partial charge in [0.15, 0.2) is 23.7 Å². The monoisotopic (exact) mass is 450 g/mol. The summed E-state index contributed by atoms with van der Waals surface area (Å²) in [5.74, 6) is -4.12. The number of rotatable bonds is 5. The van der Waals surface area contributed by atoms with Gasteiger partial charge in [-0.1, -0.05) is 38.0 Å². The predicted octanol–water partition coefficient (Wildman–Crippen LogP) is 7.12. The summed E-state index contributed by atoms with van der Waals surface area (Å²) in [6.45, 7) is 5.62. The number of hydrogen-bond acceptors (Lipinski definition) is 2. The van der Waals surface area contributed by atoms with Gasteiger partial charge in [-0.3, -0.25) is 0 Å². The third-order valence-corrected chi connectivity index (χ3v) is 6.86. The van der Waals surface area contributed by atoms with Crippen LogP contribution in [-0.2, 0) is 9.47 Å². The van der Waals surface area contributed by atoms with Crippen LogP contribution in [0, 0.1) is 41.1 Å². The van der Waals surface area contributed by atoms with E-state index in [1.165, 1.54) is 6.08 Å². The SMILES string of the molecule is CCCC1COC(C2CC=C(C3C=C(F)C(c4cc(F)c(F)c(F)c4)=CC3C)CC2)OC1. The third-order valence-electron chi connectivity index (χ3n) is 6.86. The largest absolute Gasteiger partial charge is 0.352 e. The lowest BCUT2D eigenvalue weighted by Gasteiger charge is -2.37. The molecule has 1 fully saturated rings. The Bertz CT molecular complexity index is 905. The molecule has 1 aromatic carbocycles. The number of ether oxygens (including phenoxy) is 2. The molecule has 4 rings (SSSR count). The molecule has 0 saturated carbocycles. The van der Waals surface area contributed by atoms with Crippen LogP contribution in [0.15, 0.2) is 41.8 Å². The molecule has 2 aliphatic carbocycles. The summed E-state index contributed by atoms with van der Waals surface area (Å²) in [7, 11) is 0. The predicted molar refractivity (Wildman–Crippen MR) is 116 cm³/mol. The van der Waals surface area contributed by atoms with Crippen LogP contribution in [0.4, 0.5) is 17.6 Å². The highest BCUT2D eigenvalue weighted by Crippen LogP contribution is 2.42. The Hall–Kier alpha value is -1.92. The van der Waals surface area contributed by atoms with Crippen molar-refractivity contribution in [3.8, 4) is 0 Å². The molecule has 1 saturated heterocycles. The molecule has 1 aliphatic heterocycles. The fourth-order valence-corrected chi connectivity index (χ4v) is 5.07. The van der Waals surface area contributed by atoms with Gasteiger partial charge in [0.05, 0.1) is 13.2 Å². The highest BCUT2D eigenvalue weighted by atomic mass is 19.2. The van der Waals surface area contributed by atoms with Crippen molar-refractivity contribution in [1.29, 1.82) is 0 Å². The minimum atomic E-state index is -1.55. The van der Waals surface area contributed by atoms with Crippen LogP contribution in [0.5, 0.6) is 0 Å². The number of allylic oxidation sites excluding steroid dienone is 6. The Morgan fingerprint density at radius 2 is 1.69 bits per heavy atom. The van der Waals surface area contributed by atoms with E-state index in [1.54, 1.807) is 6.08 Å². The first-order chi connectivity index (χ1) is 15.4. The van der Waals surface area contributed by atoms with Crippen molar-refractivity contribution in [2.24, 2.45) is 23.7 Å². The van der Waals surface area contributed by atoms with Crippen molar-refractivity contribution < 1.29 is 27.0 Å². The van der Waals surface area contributed by atoms with E-state index < -0.39 is 23.3 Å². The molecule has 0 N–H and O–H groups in total. The van der Waals surface area contributed by atoms with Gasteiger partial charge in [0.1, 0.15) is 5.83 Å². The normalized spacial score (nSPS) is 31.1. The molecule has 0 bridgehead atoms. The Morgan fingerprint density at radius 1 is 1.00 bits per heavy atom. The van der Waals surface area contributed by atoms with Gasteiger partial charge in [-0.15, -0.1) is 0 Å². The average Bonchev–Trinajstić information content (AvgIpc) is 2.79. The van der Waals surface area contributed by atoms with Gasteiger partial charge in [0, 0.05) is 23.3 Å². The first kappa shape index (κ1) is 23.2. The molecule has 0 aromatic heterocycles. The van der Waals surface area contributed by atoms with Crippen molar-refractivity contribution in [1.82, 2.24) is 0 Å². The van der Waals surface area contributed by atoms with E-state index in [9.17, 15) is 17.6 Å². The number of halogens is 4. The molecular weight excluding hydrogens is 420 g/mol. The summed E-state index contributed by atoms with van der Waals surface area (Å²) < 4.78 is 67.4. The zero-order valence-corrected chi connectivity index (χ0v) is 18.6. The van der Waals surface area contributed by atoms with Gasteiger partial charge in [-0.2, -0.15) is 0 Å². The summed E-state index contributed by atoms with van der Waals surface area (Å²) in [4.78, 5) is 0. The highest BCUT2D eigenvalue weighted by molar-refractivity contribution is 5.78. The molecule has 3 atom stereocenters. The summed E-state index contributed by atoms with van der Waals surface area (Å²) >= 11 is 0. The molecule has 6 heteroatoms. The maximum atomic E-state index is 14.9. The summed E-state index contributed by atoms with van der Waals surface area (Å²) in [6, 6.07) is 1.68. The zero-order chi connectivity index (χ0) is 22.8. The van der Waals surface area contributed by atoms with Crippen LogP contribution in [-0.4, -0.2) is 19.5 Å². The lowest BCUT2D eigenvalue weighted by Crippen LogP contribution is -2.37. The third kappa shape index (κ3) is 4.86. The van der Waals surface area contributed by atoms with E-state index in [-0.39, 0.29) is 29.3 Å². The van der Waals surface area contributed by atoms with Crippen LogP contribution in [0.3, 0.4) is 0 Å². The summed E-state index contributed by atoms with van der Waals surface area (Å²) in [5.41, 5.74) is 1.27. The smallest absolute Gasteiger partial charge is 0.194 e. The van der Waals surface area contributed by atoms with E-state index in [4.69, 9.17) is 9.47 Å². The number of benzene rings is 1. The Morgan fingerprint density at radius 3 is 2.28 bits per heavy atom. The Balaban J connectivity index is 1.42. The van der Waals surface area contributed by atoms with Crippen LogP contribution < -0.4 is 0 Å². The van der Waals surface area contributed by atoms with Crippen LogP contribution in [0.2, 0.25) is 0 Å². The lowest BCUT2D eigenvalue weighted by atomic mass is 9.75. The second-order valence-electron chi connectivity index (χ2n) is 9.24. The maximum absolute atomic E-state index is 14.9. The van der Waals surface area contributed by atoms with Gasteiger partial charge >= 0.3 is 0 Å². The van der Waals surface area contributed by atoms with E-state index in [0.717, 1.165) is 63.0 Å². The molecule has 3 unspecified atom stereocenters. The van der Waals surface area contributed by atoms with Gasteiger partial charge in [-0.25, -0.2) is 17.6 Å². The topological polar surface area (TPSA) is 18.5 Å². The minimum absolute atomic E-state index is 0.00566. The van der Waals surface area contributed by atoms with E-state index in [1.807, 2.05) is 6.92 Å². The van der Waals surface area contributed by atoms with Crippen molar-refractivity contribution in [2.45, 2.75) is 52.2 Å². The van der Waals surface area contributed by atoms with Crippen LogP contribution in [0.25, 0.3) is 5.57 Å². The van der Waals surface area contributed by atoms with Gasteiger partial charge in [0.2, 0.25) is 0 Å². The Labute approximate surface area is 187 Å². The molecule has 1 heterocycles. The van der Waals surface area contributed by atoms with E-state index in [0.29, 0.717) is 11.8 Å². The molecule has 0 spiro atoms. The van der Waals surface area contributed by atoms with Gasteiger partial charge < -0.3 is 9.47 Å². The lowest BCUT2D eigenvalue weighted by molar-refractivity contribution is -0.226. The summed E-state index contributed by atoms with van der Waals surface area (Å²) in [5, 5.41) is 0. The molecule has 3 aliphatic rings. The molecule has 32 heavy (non-hydrogen) atoms. The highest BCUT2D eigenvalue weighted by Gasteiger charge is 2.33. The minimum Gasteiger partial charge on any atom is -0.352 e. The maximum Gasteiger partial charge on any atom is 0.194 e. The van der Waals surface area contributed by atoms with E-state index >= 15 is 0 Å². The first-order valence-electron chi connectivity index (χ1n) is 11.5. The average molecular weight is 451 g/mol. The Kier molecular flexibility index (Phi) is 7.21. The first-order valence-corrected chi connectivity index (χ1v) is 11.5. The van der Waals surface area contributed by atoms with Gasteiger partial charge in [-0.05, 0) is 55.4 Å². The number of hydrogen-bond donors (Lipinski definition) is 0. The van der Waals surface area contributed by atoms with Crippen molar-refractivity contribution in [3.05, 3.63) is 64.8 Å². The fraction of sp³-hybridized carbons (Fsp3) is 0.538. The molecule has 0 radical (unpaired) electrons. The van der Waals surface area contributed by atoms with E-state index in [2.05, 4.69) is 13.0 Å². The van der Waals surface area contributed by atoms with Crippen molar-refractivity contribution >= 4 is 5.57 Å². The fourth-order valence-electron chi connectivity index (χ4n) is 5.07. The van der Waals surface area contributed by atoms with Crippen molar-refractivity contribution in [2.75, 3.05) is 13.2 Å². The zero-order valence-electron chi connectivity index (χ0n) is 18.6. The molecule has 1 aromatic rings. The summed E-state index contributed by atoms with van der Waals surface area (Å²) in [6.07, 6.45) is 10.0. The molecule has 174 valence electrons. The van der Waals surface area contributed by atoms with Gasteiger partial charge in [0.25, 0.3) is 0 Å². The van der Waals surface area contributed by atoms with Crippen LogP contribution >= 0.6 is 0 Å². The second kappa shape index (κ2) is 9.92. The molecule has 0 amide bonds. The molecular formula is C26H30F4O2. The van der Waals surface area contributed by atoms with Crippen molar-refractivity contribution in [3.63, 3.8) is 0 Å².